The van der Waals surface area contributed by atoms with Crippen molar-refractivity contribution in [1.82, 2.24) is 9.80 Å². The molecule has 1 aliphatic rings. The minimum Gasteiger partial charge on any atom is -0.399 e. The van der Waals surface area contributed by atoms with E-state index < -0.39 is 5.41 Å². The first-order chi connectivity index (χ1) is 9.32. The summed E-state index contributed by atoms with van der Waals surface area (Å²) in [6.45, 7) is 5.65. The number of benzene rings is 1. The SMILES string of the molecule is CN(C)C1CCN(C(=O)C(C)(C)c2ccc(N)cc2)C1. The standard InChI is InChI=1S/C16H25N3O/c1-16(2,12-5-7-13(17)8-6-12)15(20)19-10-9-14(11-19)18(3)4/h5-8,14H,9-11,17H2,1-4H3. The topological polar surface area (TPSA) is 49.6 Å². The van der Waals surface area contributed by atoms with E-state index in [1.807, 2.05) is 43.0 Å². The summed E-state index contributed by atoms with van der Waals surface area (Å²) < 4.78 is 0. The average Bonchev–Trinajstić information content (AvgIpc) is 2.88. The van der Waals surface area contributed by atoms with Crippen molar-refractivity contribution in [2.45, 2.75) is 31.7 Å². The van der Waals surface area contributed by atoms with Crippen molar-refractivity contribution in [1.29, 1.82) is 0 Å². The third-order valence-corrected chi connectivity index (χ3v) is 4.35. The lowest BCUT2D eigenvalue weighted by atomic mass is 9.83. The van der Waals surface area contributed by atoms with Crippen molar-refractivity contribution in [2.75, 3.05) is 32.9 Å². The van der Waals surface area contributed by atoms with E-state index in [2.05, 4.69) is 19.0 Å². The number of nitrogen functional groups attached to an aromatic ring is 1. The third-order valence-electron chi connectivity index (χ3n) is 4.35. The largest absolute Gasteiger partial charge is 0.399 e. The maximum Gasteiger partial charge on any atom is 0.232 e. The van der Waals surface area contributed by atoms with E-state index in [1.54, 1.807) is 0 Å². The van der Waals surface area contributed by atoms with Crippen LogP contribution in [-0.4, -0.2) is 48.9 Å². The molecule has 4 heteroatoms. The number of hydrogen-bond donors (Lipinski definition) is 1. The van der Waals surface area contributed by atoms with Gasteiger partial charge in [0.05, 0.1) is 5.41 Å². The van der Waals surface area contributed by atoms with Gasteiger partial charge in [0, 0.05) is 24.8 Å². The van der Waals surface area contributed by atoms with Gasteiger partial charge < -0.3 is 15.5 Å². The van der Waals surface area contributed by atoms with E-state index in [1.165, 1.54) is 0 Å². The Balaban J connectivity index is 2.13. The van der Waals surface area contributed by atoms with Gasteiger partial charge in [-0.2, -0.15) is 0 Å². The van der Waals surface area contributed by atoms with Gasteiger partial charge in [0.2, 0.25) is 5.91 Å². The van der Waals surface area contributed by atoms with E-state index in [-0.39, 0.29) is 5.91 Å². The molecule has 1 aromatic carbocycles. The minimum absolute atomic E-state index is 0.201. The maximum atomic E-state index is 12.8. The zero-order valence-corrected chi connectivity index (χ0v) is 12.9. The lowest BCUT2D eigenvalue weighted by Gasteiger charge is -2.30. The zero-order chi connectivity index (χ0) is 14.9. The molecule has 1 aliphatic heterocycles. The molecule has 1 fully saturated rings. The Hall–Kier alpha value is -1.55. The Labute approximate surface area is 121 Å². The van der Waals surface area contributed by atoms with Gasteiger partial charge in [-0.15, -0.1) is 0 Å². The first-order valence-corrected chi connectivity index (χ1v) is 7.14. The highest BCUT2D eigenvalue weighted by Gasteiger charge is 2.37. The molecule has 0 saturated carbocycles. The molecule has 1 heterocycles. The quantitative estimate of drug-likeness (QED) is 0.854. The summed E-state index contributed by atoms with van der Waals surface area (Å²) in [6, 6.07) is 8.09. The third kappa shape index (κ3) is 2.80. The van der Waals surface area contributed by atoms with Crippen molar-refractivity contribution in [2.24, 2.45) is 0 Å². The van der Waals surface area contributed by atoms with Crippen LogP contribution in [0, 0.1) is 0 Å². The van der Waals surface area contributed by atoms with E-state index >= 15 is 0 Å². The summed E-state index contributed by atoms with van der Waals surface area (Å²) in [5.74, 6) is 0.201. The van der Waals surface area contributed by atoms with Crippen LogP contribution in [0.1, 0.15) is 25.8 Å². The number of hydrogen-bond acceptors (Lipinski definition) is 3. The van der Waals surface area contributed by atoms with Gasteiger partial charge in [0.25, 0.3) is 0 Å². The van der Waals surface area contributed by atoms with Crippen molar-refractivity contribution < 1.29 is 4.79 Å². The summed E-state index contributed by atoms with van der Waals surface area (Å²) >= 11 is 0. The number of nitrogens with zero attached hydrogens (tertiary/aromatic N) is 2. The van der Waals surface area contributed by atoms with Crippen molar-refractivity contribution >= 4 is 11.6 Å². The second kappa shape index (κ2) is 5.44. The van der Waals surface area contributed by atoms with Crippen LogP contribution < -0.4 is 5.73 Å². The molecule has 1 saturated heterocycles. The fraction of sp³-hybridized carbons (Fsp3) is 0.562. The van der Waals surface area contributed by atoms with Gasteiger partial charge in [0.15, 0.2) is 0 Å². The normalized spacial score (nSPS) is 19.6. The molecule has 1 amide bonds. The minimum atomic E-state index is -0.505. The molecule has 1 atom stereocenters. The maximum absolute atomic E-state index is 12.8. The molecular formula is C16H25N3O. The lowest BCUT2D eigenvalue weighted by molar-refractivity contribution is -0.135. The lowest BCUT2D eigenvalue weighted by Crippen LogP contribution is -2.43. The molecule has 110 valence electrons. The molecule has 0 aliphatic carbocycles. The van der Waals surface area contributed by atoms with Crippen LogP contribution in [0.15, 0.2) is 24.3 Å². The summed E-state index contributed by atoms with van der Waals surface area (Å²) in [4.78, 5) is 17.0. The molecule has 20 heavy (non-hydrogen) atoms. The fourth-order valence-corrected chi connectivity index (χ4v) is 2.77. The number of likely N-dealkylation sites (N-methyl/N-ethyl adjacent to an activating group) is 1. The van der Waals surface area contributed by atoms with Gasteiger partial charge in [-0.1, -0.05) is 12.1 Å². The van der Waals surface area contributed by atoms with Gasteiger partial charge in [0.1, 0.15) is 0 Å². The molecule has 1 unspecified atom stereocenters. The number of anilines is 1. The predicted molar refractivity (Wildman–Crippen MR) is 82.6 cm³/mol. The number of nitrogens with two attached hydrogens (primary N) is 1. The van der Waals surface area contributed by atoms with E-state index in [0.717, 1.165) is 30.8 Å². The molecule has 0 bridgehead atoms. The van der Waals surface area contributed by atoms with Crippen molar-refractivity contribution in [3.63, 3.8) is 0 Å². The Morgan fingerprint density at radius 3 is 2.40 bits per heavy atom. The second-order valence-corrected chi connectivity index (χ2v) is 6.40. The van der Waals surface area contributed by atoms with Crippen LogP contribution in [0.2, 0.25) is 0 Å². The summed E-state index contributed by atoms with van der Waals surface area (Å²) in [5.41, 5.74) is 6.96. The number of amides is 1. The van der Waals surface area contributed by atoms with Gasteiger partial charge in [-0.05, 0) is 52.1 Å². The number of carbonyl (C=O) groups is 1. The van der Waals surface area contributed by atoms with E-state index in [9.17, 15) is 4.79 Å². The highest BCUT2D eigenvalue weighted by molar-refractivity contribution is 5.87. The first-order valence-electron chi connectivity index (χ1n) is 7.14. The number of carbonyl (C=O) groups excluding carboxylic acids is 1. The monoisotopic (exact) mass is 275 g/mol. The van der Waals surface area contributed by atoms with Crippen molar-refractivity contribution in [3.8, 4) is 0 Å². The van der Waals surface area contributed by atoms with Crippen LogP contribution in [-0.2, 0) is 10.2 Å². The zero-order valence-electron chi connectivity index (χ0n) is 12.9. The fourth-order valence-electron chi connectivity index (χ4n) is 2.77. The summed E-state index contributed by atoms with van der Waals surface area (Å²) in [7, 11) is 4.15. The molecule has 2 rings (SSSR count). The van der Waals surface area contributed by atoms with Crippen LogP contribution in [0.4, 0.5) is 5.69 Å². The number of rotatable bonds is 3. The van der Waals surface area contributed by atoms with E-state index in [0.29, 0.717) is 6.04 Å². The predicted octanol–water partition coefficient (Wildman–Crippen LogP) is 1.71. The Morgan fingerprint density at radius 2 is 1.90 bits per heavy atom. The van der Waals surface area contributed by atoms with E-state index in [4.69, 9.17) is 5.73 Å². The van der Waals surface area contributed by atoms with Crippen LogP contribution >= 0.6 is 0 Å². The molecule has 1 aromatic rings. The Bertz CT molecular complexity index is 479. The highest BCUT2D eigenvalue weighted by Crippen LogP contribution is 2.28. The second-order valence-electron chi connectivity index (χ2n) is 6.40. The Morgan fingerprint density at radius 1 is 1.30 bits per heavy atom. The number of likely N-dealkylation sites (tertiary alicyclic amines) is 1. The first kappa shape index (κ1) is 14.9. The summed E-state index contributed by atoms with van der Waals surface area (Å²) in [5, 5.41) is 0. The van der Waals surface area contributed by atoms with Crippen LogP contribution in [0.5, 0.6) is 0 Å². The highest BCUT2D eigenvalue weighted by atomic mass is 16.2. The average molecular weight is 275 g/mol. The Kier molecular flexibility index (Phi) is 4.04. The van der Waals surface area contributed by atoms with Crippen LogP contribution in [0.25, 0.3) is 0 Å². The molecule has 0 spiro atoms. The van der Waals surface area contributed by atoms with Gasteiger partial charge in [-0.3, -0.25) is 4.79 Å². The summed E-state index contributed by atoms with van der Waals surface area (Å²) in [6.07, 6.45) is 1.05. The molecule has 0 aromatic heterocycles. The smallest absolute Gasteiger partial charge is 0.232 e. The van der Waals surface area contributed by atoms with Gasteiger partial charge >= 0.3 is 0 Å². The molecule has 4 nitrogen and oxygen atoms in total. The molecule has 0 radical (unpaired) electrons. The van der Waals surface area contributed by atoms with Crippen molar-refractivity contribution in [3.05, 3.63) is 29.8 Å². The van der Waals surface area contributed by atoms with Gasteiger partial charge in [-0.25, -0.2) is 0 Å². The van der Waals surface area contributed by atoms with Crippen LogP contribution in [0.3, 0.4) is 0 Å². The molecule has 2 N–H and O–H groups in total. The molecular weight excluding hydrogens is 250 g/mol.